The summed E-state index contributed by atoms with van der Waals surface area (Å²) in [5, 5.41) is 39.2. The second-order valence-corrected chi connectivity index (χ2v) is 3.67. The van der Waals surface area contributed by atoms with E-state index in [1.165, 1.54) is 0 Å². The summed E-state index contributed by atoms with van der Waals surface area (Å²) < 4.78 is 0. The van der Waals surface area contributed by atoms with Crippen molar-refractivity contribution in [1.29, 1.82) is 0 Å². The van der Waals surface area contributed by atoms with Gasteiger partial charge in [0.05, 0.1) is 11.9 Å². The quantitative estimate of drug-likeness (QED) is 0.385. The van der Waals surface area contributed by atoms with Crippen LogP contribution in [0.15, 0.2) is 0 Å². The predicted octanol–water partition coefficient (Wildman–Crippen LogP) is -7.57. The monoisotopic (exact) mass is 370 g/mol. The van der Waals surface area contributed by atoms with Gasteiger partial charge in [0, 0.05) is 24.0 Å². The van der Waals surface area contributed by atoms with Crippen LogP contribution in [0.2, 0.25) is 0 Å². The maximum atomic E-state index is 9.86. The number of rotatable bonds is 8. The molecule has 0 aliphatic rings. The first-order chi connectivity index (χ1) is 9.07. The molecule has 0 saturated carbocycles. The fourth-order valence-corrected chi connectivity index (χ4v) is 0.782. The number of carboxylic acid groups (broad SMARTS) is 4. The van der Waals surface area contributed by atoms with E-state index < -0.39 is 36.0 Å². The molecule has 0 saturated heterocycles. The third-order valence-electron chi connectivity index (χ3n) is 1.92. The van der Waals surface area contributed by atoms with E-state index in [2.05, 4.69) is 0 Å². The van der Waals surface area contributed by atoms with E-state index in [0.29, 0.717) is 0 Å². The van der Waals surface area contributed by atoms with E-state index >= 15 is 0 Å². The molecule has 0 spiro atoms. The number of carbonyl (C=O) groups is 4. The van der Waals surface area contributed by atoms with Crippen LogP contribution in [-0.4, -0.2) is 111 Å². The summed E-state index contributed by atoms with van der Waals surface area (Å²) in [7, 11) is 0. The molecule has 2 atom stereocenters. The van der Waals surface area contributed by atoms with Crippen LogP contribution in [0, 0.1) is 0 Å². The Morgan fingerprint density at radius 1 is 0.682 bits per heavy atom. The standard InChI is InChI=1S/2C5H9NO4.2Ca/c2*6-3(5(9)10)1-2-4(7)8;;/h2*3H,1-2,6H2,(H,7,8)(H,9,10);;/q;;2*+2/p-4/t2*3-;;/m00../s1. The molecule has 0 aromatic carbocycles. The number of carboxylic acids is 4. The summed E-state index contributed by atoms with van der Waals surface area (Å²) in [6, 6.07) is -2.42. The Bertz CT molecular complexity index is 333. The largest absolute Gasteiger partial charge is 2.00 e. The Kier molecular flexibility index (Phi) is 24.3. The average Bonchev–Trinajstić information content (AvgIpc) is 2.33. The number of aliphatic carboxylic acids is 4. The summed E-state index contributed by atoms with van der Waals surface area (Å²) in [6.07, 6.45) is -1.00. The van der Waals surface area contributed by atoms with Crippen molar-refractivity contribution in [3.63, 3.8) is 0 Å². The minimum atomic E-state index is -1.44. The molecule has 0 rings (SSSR count). The van der Waals surface area contributed by atoms with E-state index in [1.54, 1.807) is 0 Å². The topological polar surface area (TPSA) is 213 Å². The SMILES string of the molecule is N[C@@H](CCC(=O)[O-])C(=O)[O-].N[C@@H](CCC(=O)[O-])C(=O)[O-].[Ca+2].[Ca+2]. The van der Waals surface area contributed by atoms with Gasteiger partial charge in [0.15, 0.2) is 0 Å². The maximum absolute atomic E-state index is 9.86. The van der Waals surface area contributed by atoms with Crippen LogP contribution in [0.1, 0.15) is 25.7 Å². The van der Waals surface area contributed by atoms with Crippen LogP contribution in [0.5, 0.6) is 0 Å². The van der Waals surface area contributed by atoms with Gasteiger partial charge in [0.2, 0.25) is 0 Å². The van der Waals surface area contributed by atoms with Crippen molar-refractivity contribution >= 4 is 99.4 Å². The summed E-state index contributed by atoms with van der Waals surface area (Å²) in [5.74, 6) is -5.50. The van der Waals surface area contributed by atoms with Crippen LogP contribution in [0.3, 0.4) is 0 Å². The summed E-state index contributed by atoms with van der Waals surface area (Å²) in [5.41, 5.74) is 9.82. The molecule has 12 heteroatoms. The molecule has 0 aromatic heterocycles. The van der Waals surface area contributed by atoms with Crippen molar-refractivity contribution in [3.8, 4) is 0 Å². The summed E-state index contributed by atoms with van der Waals surface area (Å²) in [4.78, 5) is 39.2. The average molecular weight is 370 g/mol. The van der Waals surface area contributed by atoms with E-state index in [4.69, 9.17) is 11.5 Å². The fraction of sp³-hybridized carbons (Fsp3) is 0.600. The van der Waals surface area contributed by atoms with Gasteiger partial charge >= 0.3 is 75.5 Å². The molecular formula is C10H14Ca2N2O8. The normalized spacial score (nSPS) is 11.4. The summed E-state index contributed by atoms with van der Waals surface area (Å²) >= 11 is 0. The molecule has 22 heavy (non-hydrogen) atoms. The van der Waals surface area contributed by atoms with E-state index in [-0.39, 0.29) is 101 Å². The van der Waals surface area contributed by atoms with Crippen LogP contribution in [0.25, 0.3) is 0 Å². The van der Waals surface area contributed by atoms with Gasteiger partial charge in [-0.3, -0.25) is 0 Å². The molecule has 4 N–H and O–H groups in total. The molecule has 116 valence electrons. The molecule has 0 amide bonds. The predicted molar refractivity (Wildman–Crippen MR) is 66.0 cm³/mol. The van der Waals surface area contributed by atoms with Gasteiger partial charge < -0.3 is 51.1 Å². The Hall–Kier alpha value is 0.319. The van der Waals surface area contributed by atoms with Crippen molar-refractivity contribution in [1.82, 2.24) is 0 Å². The molecule has 0 fully saturated rings. The Morgan fingerprint density at radius 3 is 1.05 bits per heavy atom. The van der Waals surface area contributed by atoms with Crippen LogP contribution in [0.4, 0.5) is 0 Å². The van der Waals surface area contributed by atoms with Crippen LogP contribution >= 0.6 is 0 Å². The molecule has 0 heterocycles. The van der Waals surface area contributed by atoms with Gasteiger partial charge in [-0.2, -0.15) is 0 Å². The van der Waals surface area contributed by atoms with Crippen LogP contribution < -0.4 is 31.9 Å². The van der Waals surface area contributed by atoms with Gasteiger partial charge in [0.1, 0.15) is 0 Å². The third kappa shape index (κ3) is 22.6. The minimum Gasteiger partial charge on any atom is -0.550 e. The first kappa shape index (κ1) is 30.2. The maximum Gasteiger partial charge on any atom is 2.00 e. The van der Waals surface area contributed by atoms with Gasteiger partial charge in [-0.05, 0) is 25.7 Å². The van der Waals surface area contributed by atoms with Gasteiger partial charge in [-0.25, -0.2) is 0 Å². The number of hydrogen-bond acceptors (Lipinski definition) is 10. The molecular weight excluding hydrogens is 356 g/mol. The summed E-state index contributed by atoms with van der Waals surface area (Å²) in [6.45, 7) is 0. The number of hydrogen-bond donors (Lipinski definition) is 2. The van der Waals surface area contributed by atoms with Gasteiger partial charge in [-0.15, -0.1) is 0 Å². The van der Waals surface area contributed by atoms with Crippen molar-refractivity contribution in [2.45, 2.75) is 37.8 Å². The first-order valence-corrected chi connectivity index (χ1v) is 5.40. The molecule has 0 aliphatic carbocycles. The molecule has 0 radical (unpaired) electrons. The van der Waals surface area contributed by atoms with Gasteiger partial charge in [-0.1, -0.05) is 0 Å². The van der Waals surface area contributed by atoms with Crippen molar-refractivity contribution in [2.24, 2.45) is 11.5 Å². The smallest absolute Gasteiger partial charge is 0.550 e. The first-order valence-electron chi connectivity index (χ1n) is 5.40. The zero-order chi connectivity index (χ0) is 16.3. The second kappa shape index (κ2) is 17.7. The third-order valence-corrected chi connectivity index (χ3v) is 1.92. The molecule has 0 bridgehead atoms. The molecule has 10 nitrogen and oxygen atoms in total. The Labute approximate surface area is 186 Å². The number of carbonyl (C=O) groups excluding carboxylic acids is 4. The fourth-order valence-electron chi connectivity index (χ4n) is 0.782. The zero-order valence-corrected chi connectivity index (χ0v) is 16.2. The Morgan fingerprint density at radius 2 is 0.909 bits per heavy atom. The van der Waals surface area contributed by atoms with Crippen molar-refractivity contribution in [2.75, 3.05) is 0 Å². The minimum absolute atomic E-state index is 0. The molecule has 0 unspecified atom stereocenters. The van der Waals surface area contributed by atoms with Crippen LogP contribution in [-0.2, 0) is 19.2 Å². The van der Waals surface area contributed by atoms with Crippen molar-refractivity contribution < 1.29 is 39.6 Å². The Balaban J connectivity index is -0.000000135. The molecule has 0 aromatic rings. The van der Waals surface area contributed by atoms with E-state index in [9.17, 15) is 39.6 Å². The van der Waals surface area contributed by atoms with E-state index in [0.717, 1.165) is 0 Å². The van der Waals surface area contributed by atoms with Crippen molar-refractivity contribution in [3.05, 3.63) is 0 Å². The van der Waals surface area contributed by atoms with Gasteiger partial charge in [0.25, 0.3) is 0 Å². The van der Waals surface area contributed by atoms with E-state index in [1.807, 2.05) is 0 Å². The number of nitrogens with two attached hydrogens (primary N) is 2. The second-order valence-electron chi connectivity index (χ2n) is 3.67. The molecule has 0 aliphatic heterocycles. The zero-order valence-electron chi connectivity index (χ0n) is 11.8.